The van der Waals surface area contributed by atoms with Gasteiger partial charge in [0.15, 0.2) is 5.60 Å². The normalized spacial score (nSPS) is 10.9. The molecular weight excluding hydrogens is 440 g/mol. The Morgan fingerprint density at radius 1 is 0.857 bits per heavy atom. The van der Waals surface area contributed by atoms with Gasteiger partial charge in [0.1, 0.15) is 11.5 Å². The molecule has 6 nitrogen and oxygen atoms in total. The van der Waals surface area contributed by atoms with Crippen molar-refractivity contribution in [3.8, 4) is 11.5 Å². The topological polar surface area (TPSA) is 76.7 Å². The number of nitrogens with one attached hydrogen (secondary N) is 2. The Balaban J connectivity index is 1.43. The van der Waals surface area contributed by atoms with E-state index in [9.17, 15) is 9.59 Å². The van der Waals surface area contributed by atoms with Crippen molar-refractivity contribution in [2.45, 2.75) is 45.6 Å². The van der Waals surface area contributed by atoms with Crippen LogP contribution in [-0.2, 0) is 11.2 Å². The quantitative estimate of drug-likeness (QED) is 0.333. The number of benzene rings is 3. The molecule has 3 aromatic rings. The lowest BCUT2D eigenvalue weighted by Gasteiger charge is -2.25. The Morgan fingerprint density at radius 3 is 2.17 bits per heavy atom. The Morgan fingerprint density at radius 2 is 1.51 bits per heavy atom. The summed E-state index contributed by atoms with van der Waals surface area (Å²) in [5.74, 6) is 1.12. The first-order chi connectivity index (χ1) is 16.9. The summed E-state index contributed by atoms with van der Waals surface area (Å²) in [6, 6.07) is 24.1. The molecular formula is C29H34N2O4. The highest BCUT2D eigenvalue weighted by Crippen LogP contribution is 2.20. The number of carbonyl (C=O) groups excluding carboxylic acids is 2. The number of hydrogen-bond acceptors (Lipinski definition) is 4. The molecule has 0 aliphatic carbocycles. The molecule has 0 aromatic heterocycles. The highest BCUT2D eigenvalue weighted by Gasteiger charge is 2.29. The fourth-order valence-electron chi connectivity index (χ4n) is 3.37. The van der Waals surface area contributed by atoms with E-state index in [1.54, 1.807) is 26.0 Å². The van der Waals surface area contributed by atoms with E-state index in [-0.39, 0.29) is 11.8 Å². The van der Waals surface area contributed by atoms with Crippen LogP contribution in [0.2, 0.25) is 0 Å². The number of unbranched alkanes of at least 4 members (excludes halogenated alkanes) is 1. The third-order valence-corrected chi connectivity index (χ3v) is 5.47. The van der Waals surface area contributed by atoms with Crippen LogP contribution >= 0.6 is 0 Å². The SMILES string of the molecule is CCCCNC(=O)C(C)(C)Oc1ccc(CCOc2ccc(NC(=O)c3ccccc3)cc2)cc1. The summed E-state index contributed by atoms with van der Waals surface area (Å²) < 4.78 is 11.8. The molecule has 0 fully saturated rings. The zero-order chi connectivity index (χ0) is 25.1. The van der Waals surface area contributed by atoms with Gasteiger partial charge in [-0.25, -0.2) is 0 Å². The number of anilines is 1. The van der Waals surface area contributed by atoms with Crippen molar-refractivity contribution < 1.29 is 19.1 Å². The van der Waals surface area contributed by atoms with Crippen molar-refractivity contribution in [1.29, 1.82) is 0 Å². The molecule has 35 heavy (non-hydrogen) atoms. The summed E-state index contributed by atoms with van der Waals surface area (Å²) in [5.41, 5.74) is 1.49. The van der Waals surface area contributed by atoms with E-state index in [0.717, 1.165) is 30.6 Å². The standard InChI is InChI=1S/C29H34N2O4/c1-4-5-20-30-28(33)29(2,3)35-26-15-11-22(12-16-26)19-21-34-25-17-13-24(14-18-25)31-27(32)23-9-7-6-8-10-23/h6-18H,4-5,19-21H2,1-3H3,(H,30,33)(H,31,32). The molecule has 0 unspecified atom stereocenters. The lowest BCUT2D eigenvalue weighted by Crippen LogP contribution is -2.46. The van der Waals surface area contributed by atoms with Crippen LogP contribution in [0.15, 0.2) is 78.9 Å². The van der Waals surface area contributed by atoms with Gasteiger partial charge in [-0.05, 0) is 74.4 Å². The molecule has 6 heteroatoms. The Kier molecular flexibility index (Phi) is 9.30. The van der Waals surface area contributed by atoms with Crippen molar-refractivity contribution in [3.63, 3.8) is 0 Å². The minimum absolute atomic E-state index is 0.117. The molecule has 3 rings (SSSR count). The second-order valence-corrected chi connectivity index (χ2v) is 8.81. The van der Waals surface area contributed by atoms with Crippen LogP contribution in [0.4, 0.5) is 5.69 Å². The first kappa shape index (κ1) is 25.8. The van der Waals surface area contributed by atoms with Crippen LogP contribution in [0.1, 0.15) is 49.5 Å². The van der Waals surface area contributed by atoms with Crippen LogP contribution in [-0.4, -0.2) is 30.6 Å². The van der Waals surface area contributed by atoms with Gasteiger partial charge >= 0.3 is 0 Å². The lowest BCUT2D eigenvalue weighted by molar-refractivity contribution is -0.134. The number of carbonyl (C=O) groups is 2. The summed E-state index contributed by atoms with van der Waals surface area (Å²) in [4.78, 5) is 24.6. The van der Waals surface area contributed by atoms with Gasteiger partial charge in [0, 0.05) is 24.2 Å². The highest BCUT2D eigenvalue weighted by molar-refractivity contribution is 6.04. The largest absolute Gasteiger partial charge is 0.493 e. The van der Waals surface area contributed by atoms with Crippen molar-refractivity contribution in [1.82, 2.24) is 5.32 Å². The van der Waals surface area contributed by atoms with Gasteiger partial charge in [-0.1, -0.05) is 43.7 Å². The van der Waals surface area contributed by atoms with Crippen molar-refractivity contribution in [3.05, 3.63) is 90.0 Å². The second kappa shape index (κ2) is 12.6. The molecule has 184 valence electrons. The molecule has 0 saturated heterocycles. The summed E-state index contributed by atoms with van der Waals surface area (Å²) in [6.07, 6.45) is 2.71. The molecule has 0 saturated carbocycles. The summed E-state index contributed by atoms with van der Waals surface area (Å²) in [7, 11) is 0. The van der Waals surface area contributed by atoms with E-state index in [0.29, 0.717) is 30.2 Å². The molecule has 3 aromatic carbocycles. The fourth-order valence-corrected chi connectivity index (χ4v) is 3.37. The number of rotatable bonds is 12. The van der Waals surface area contributed by atoms with Gasteiger partial charge in [0.05, 0.1) is 6.61 Å². The van der Waals surface area contributed by atoms with Crippen LogP contribution in [0.5, 0.6) is 11.5 Å². The average Bonchev–Trinajstić information content (AvgIpc) is 2.86. The Bertz CT molecular complexity index is 1080. The maximum absolute atomic E-state index is 12.4. The van der Waals surface area contributed by atoms with E-state index in [1.165, 1.54) is 0 Å². The monoisotopic (exact) mass is 474 g/mol. The lowest BCUT2D eigenvalue weighted by atomic mass is 10.1. The number of hydrogen-bond donors (Lipinski definition) is 2. The third kappa shape index (κ3) is 8.18. The first-order valence-electron chi connectivity index (χ1n) is 12.0. The van der Waals surface area contributed by atoms with E-state index in [4.69, 9.17) is 9.47 Å². The zero-order valence-corrected chi connectivity index (χ0v) is 20.7. The molecule has 0 spiro atoms. The third-order valence-electron chi connectivity index (χ3n) is 5.47. The van der Waals surface area contributed by atoms with Crippen LogP contribution in [0.25, 0.3) is 0 Å². The van der Waals surface area contributed by atoms with E-state index >= 15 is 0 Å². The molecule has 0 aliphatic heterocycles. The van der Waals surface area contributed by atoms with Crippen LogP contribution in [0, 0.1) is 0 Å². The van der Waals surface area contributed by atoms with Crippen molar-refractivity contribution in [2.24, 2.45) is 0 Å². The molecule has 0 atom stereocenters. The van der Waals surface area contributed by atoms with Gasteiger partial charge < -0.3 is 20.1 Å². The zero-order valence-electron chi connectivity index (χ0n) is 20.7. The number of ether oxygens (including phenoxy) is 2. The van der Waals surface area contributed by atoms with Gasteiger partial charge in [-0.2, -0.15) is 0 Å². The summed E-state index contributed by atoms with van der Waals surface area (Å²) in [5, 5.41) is 5.79. The minimum atomic E-state index is -0.939. The van der Waals surface area contributed by atoms with E-state index in [2.05, 4.69) is 17.6 Å². The highest BCUT2D eigenvalue weighted by atomic mass is 16.5. The maximum atomic E-state index is 12.4. The molecule has 0 radical (unpaired) electrons. The minimum Gasteiger partial charge on any atom is -0.493 e. The Labute approximate surface area is 207 Å². The Hall–Kier alpha value is -3.80. The van der Waals surface area contributed by atoms with E-state index < -0.39 is 5.60 Å². The van der Waals surface area contributed by atoms with Gasteiger partial charge in [-0.15, -0.1) is 0 Å². The first-order valence-corrected chi connectivity index (χ1v) is 12.0. The van der Waals surface area contributed by atoms with Crippen LogP contribution in [0.3, 0.4) is 0 Å². The number of amides is 2. The molecule has 0 aliphatic rings. The average molecular weight is 475 g/mol. The fraction of sp³-hybridized carbons (Fsp3) is 0.310. The van der Waals surface area contributed by atoms with Gasteiger partial charge in [0.25, 0.3) is 11.8 Å². The summed E-state index contributed by atoms with van der Waals surface area (Å²) >= 11 is 0. The van der Waals surface area contributed by atoms with Crippen molar-refractivity contribution in [2.75, 3.05) is 18.5 Å². The molecule has 2 amide bonds. The van der Waals surface area contributed by atoms with Gasteiger partial charge in [0.2, 0.25) is 0 Å². The molecule has 0 bridgehead atoms. The van der Waals surface area contributed by atoms with Gasteiger partial charge in [-0.3, -0.25) is 9.59 Å². The molecule has 0 heterocycles. The maximum Gasteiger partial charge on any atom is 0.263 e. The predicted octanol–water partition coefficient (Wildman–Crippen LogP) is 5.63. The smallest absolute Gasteiger partial charge is 0.263 e. The van der Waals surface area contributed by atoms with Crippen molar-refractivity contribution >= 4 is 17.5 Å². The van der Waals surface area contributed by atoms with E-state index in [1.807, 2.05) is 66.7 Å². The second-order valence-electron chi connectivity index (χ2n) is 8.81. The summed E-state index contributed by atoms with van der Waals surface area (Å²) in [6.45, 7) is 6.81. The predicted molar refractivity (Wildman–Crippen MR) is 139 cm³/mol. The molecule has 2 N–H and O–H groups in total. The van der Waals surface area contributed by atoms with Crippen LogP contribution < -0.4 is 20.1 Å².